The van der Waals surface area contributed by atoms with Gasteiger partial charge in [0.25, 0.3) is 0 Å². The summed E-state index contributed by atoms with van der Waals surface area (Å²) in [5.41, 5.74) is -0.209. The van der Waals surface area contributed by atoms with Gasteiger partial charge in [0.15, 0.2) is 0 Å². The monoisotopic (exact) mass is 307 g/mol. The van der Waals surface area contributed by atoms with Gasteiger partial charge in [-0.25, -0.2) is 4.68 Å². The lowest BCUT2D eigenvalue weighted by Crippen LogP contribution is -2.33. The third-order valence-electron chi connectivity index (χ3n) is 3.96. The molecule has 21 heavy (non-hydrogen) atoms. The molecule has 1 N–H and O–H groups in total. The number of tetrazole rings is 1. The van der Waals surface area contributed by atoms with Gasteiger partial charge in [0, 0.05) is 6.20 Å². The van der Waals surface area contributed by atoms with Crippen molar-refractivity contribution in [3.8, 4) is 11.5 Å². The Morgan fingerprint density at radius 3 is 2.76 bits per heavy atom. The average molecular weight is 308 g/mol. The van der Waals surface area contributed by atoms with Gasteiger partial charge in [-0.15, -0.1) is 5.10 Å². The summed E-state index contributed by atoms with van der Waals surface area (Å²) in [6.45, 7) is 0.259. The first kappa shape index (κ1) is 13.9. The lowest BCUT2D eigenvalue weighted by atomic mass is 9.86. The summed E-state index contributed by atoms with van der Waals surface area (Å²) in [6, 6.07) is 3.41. The van der Waals surface area contributed by atoms with Crippen LogP contribution in [0.5, 0.6) is 0 Å². The smallest absolute Gasteiger partial charge is 0.311 e. The van der Waals surface area contributed by atoms with Crippen LogP contribution in [0.1, 0.15) is 25.7 Å². The fourth-order valence-corrected chi connectivity index (χ4v) is 2.89. The van der Waals surface area contributed by atoms with Crippen LogP contribution in [0.15, 0.2) is 18.3 Å². The van der Waals surface area contributed by atoms with E-state index in [1.54, 1.807) is 12.1 Å². The molecule has 0 aromatic carbocycles. The van der Waals surface area contributed by atoms with E-state index in [-0.39, 0.29) is 6.54 Å². The maximum absolute atomic E-state index is 11.6. The lowest BCUT2D eigenvalue weighted by molar-refractivity contribution is -0.149. The highest BCUT2D eigenvalue weighted by Gasteiger charge is 2.42. The minimum atomic E-state index is -0.787. The molecule has 2 aromatic rings. The summed E-state index contributed by atoms with van der Waals surface area (Å²) in [4.78, 5) is 15.8. The number of nitrogens with zero attached hydrogens (tertiary/aromatic N) is 5. The van der Waals surface area contributed by atoms with Gasteiger partial charge in [0.1, 0.15) is 5.69 Å². The van der Waals surface area contributed by atoms with Crippen LogP contribution in [0, 0.1) is 5.41 Å². The van der Waals surface area contributed by atoms with Crippen molar-refractivity contribution in [1.82, 2.24) is 25.2 Å². The highest BCUT2D eigenvalue weighted by atomic mass is 35.5. The van der Waals surface area contributed by atoms with Gasteiger partial charge >= 0.3 is 5.97 Å². The molecule has 0 bridgehead atoms. The van der Waals surface area contributed by atoms with Crippen LogP contribution in [-0.4, -0.2) is 36.3 Å². The molecule has 0 radical (unpaired) electrons. The Bertz CT molecular complexity index is 649. The quantitative estimate of drug-likeness (QED) is 0.929. The second-order valence-corrected chi connectivity index (χ2v) is 5.75. The van der Waals surface area contributed by atoms with E-state index in [0.717, 1.165) is 12.8 Å². The molecule has 110 valence electrons. The highest BCUT2D eigenvalue weighted by Crippen LogP contribution is 2.40. The largest absolute Gasteiger partial charge is 0.481 e. The Labute approximate surface area is 125 Å². The molecule has 0 aliphatic heterocycles. The van der Waals surface area contributed by atoms with Gasteiger partial charge in [-0.2, -0.15) is 0 Å². The molecule has 3 rings (SSSR count). The Morgan fingerprint density at radius 2 is 2.14 bits per heavy atom. The Kier molecular flexibility index (Phi) is 3.59. The van der Waals surface area contributed by atoms with Gasteiger partial charge in [-0.1, -0.05) is 24.4 Å². The molecule has 0 unspecified atom stereocenters. The van der Waals surface area contributed by atoms with Crippen LogP contribution in [0.4, 0.5) is 0 Å². The molecule has 0 amide bonds. The van der Waals surface area contributed by atoms with E-state index in [9.17, 15) is 9.90 Å². The first-order valence-electron chi connectivity index (χ1n) is 6.72. The second-order valence-electron chi connectivity index (χ2n) is 5.31. The van der Waals surface area contributed by atoms with Crippen LogP contribution in [0.2, 0.25) is 5.02 Å². The molecule has 7 nitrogen and oxygen atoms in total. The predicted molar refractivity (Wildman–Crippen MR) is 74.6 cm³/mol. The molecule has 0 saturated heterocycles. The van der Waals surface area contributed by atoms with E-state index in [1.807, 2.05) is 0 Å². The number of pyridine rings is 1. The number of rotatable bonds is 4. The molecule has 2 aromatic heterocycles. The number of carboxylic acids is 1. The van der Waals surface area contributed by atoms with Crippen molar-refractivity contribution < 1.29 is 9.90 Å². The Balaban J connectivity index is 1.92. The van der Waals surface area contributed by atoms with Crippen molar-refractivity contribution in [3.63, 3.8) is 0 Å². The van der Waals surface area contributed by atoms with E-state index < -0.39 is 11.4 Å². The normalized spacial score (nSPS) is 17.0. The van der Waals surface area contributed by atoms with Crippen molar-refractivity contribution in [1.29, 1.82) is 0 Å². The SMILES string of the molecule is O=C(O)C1(Cn2nnnc2-c2ccc(Cl)cn2)CCCC1. The summed E-state index contributed by atoms with van der Waals surface area (Å²) in [7, 11) is 0. The van der Waals surface area contributed by atoms with Crippen LogP contribution < -0.4 is 0 Å². The number of carboxylic acid groups (broad SMARTS) is 1. The fraction of sp³-hybridized carbons (Fsp3) is 0.462. The summed E-state index contributed by atoms with van der Waals surface area (Å²) in [5, 5.41) is 21.6. The minimum absolute atomic E-state index is 0.259. The average Bonchev–Trinajstić information content (AvgIpc) is 3.10. The van der Waals surface area contributed by atoms with E-state index >= 15 is 0 Å². The molecule has 0 spiro atoms. The summed E-state index contributed by atoms with van der Waals surface area (Å²) >= 11 is 5.82. The maximum atomic E-state index is 11.6. The molecule has 2 heterocycles. The number of aliphatic carboxylic acids is 1. The zero-order valence-corrected chi connectivity index (χ0v) is 12.0. The third-order valence-corrected chi connectivity index (χ3v) is 4.18. The zero-order valence-electron chi connectivity index (χ0n) is 11.2. The summed E-state index contributed by atoms with van der Waals surface area (Å²) in [6.07, 6.45) is 4.65. The van der Waals surface area contributed by atoms with Crippen molar-refractivity contribution in [2.24, 2.45) is 5.41 Å². The van der Waals surface area contributed by atoms with Crippen molar-refractivity contribution in [2.45, 2.75) is 32.2 Å². The minimum Gasteiger partial charge on any atom is -0.481 e. The molecule has 1 saturated carbocycles. The molecule has 8 heteroatoms. The molecular weight excluding hydrogens is 294 g/mol. The van der Waals surface area contributed by atoms with Gasteiger partial charge < -0.3 is 5.11 Å². The second kappa shape index (κ2) is 5.40. The van der Waals surface area contributed by atoms with Crippen LogP contribution in [0.3, 0.4) is 0 Å². The topological polar surface area (TPSA) is 93.8 Å². The highest BCUT2D eigenvalue weighted by molar-refractivity contribution is 6.30. The zero-order chi connectivity index (χ0) is 14.9. The van der Waals surface area contributed by atoms with Gasteiger partial charge in [0.05, 0.1) is 17.0 Å². The first-order chi connectivity index (χ1) is 10.1. The van der Waals surface area contributed by atoms with Crippen molar-refractivity contribution in [2.75, 3.05) is 0 Å². The molecule has 1 fully saturated rings. The number of hydrogen-bond acceptors (Lipinski definition) is 5. The van der Waals surface area contributed by atoms with Crippen molar-refractivity contribution in [3.05, 3.63) is 23.4 Å². The van der Waals surface area contributed by atoms with E-state index in [4.69, 9.17) is 11.6 Å². The van der Waals surface area contributed by atoms with E-state index in [2.05, 4.69) is 20.5 Å². The van der Waals surface area contributed by atoms with E-state index in [0.29, 0.717) is 29.4 Å². The number of carbonyl (C=O) groups is 1. The number of hydrogen-bond donors (Lipinski definition) is 1. The molecule has 1 aliphatic carbocycles. The van der Waals surface area contributed by atoms with Crippen LogP contribution in [-0.2, 0) is 11.3 Å². The summed E-state index contributed by atoms with van der Waals surface area (Å²) < 4.78 is 1.52. The van der Waals surface area contributed by atoms with E-state index in [1.165, 1.54) is 10.9 Å². The standard InChI is InChI=1S/C13H14ClN5O2/c14-9-3-4-10(15-7-9)11-16-17-18-19(11)8-13(12(20)21)5-1-2-6-13/h3-4,7H,1-2,5-6,8H2,(H,20,21). The molecule has 1 aliphatic rings. The lowest BCUT2D eigenvalue weighted by Gasteiger charge is -2.23. The predicted octanol–water partition coefficient (Wildman–Crippen LogP) is 2.03. The molecule has 0 atom stereocenters. The maximum Gasteiger partial charge on any atom is 0.311 e. The molecular formula is C13H14ClN5O2. The Hall–Kier alpha value is -2.02. The number of halogens is 1. The van der Waals surface area contributed by atoms with Gasteiger partial charge in [-0.3, -0.25) is 9.78 Å². The number of aromatic nitrogens is 5. The van der Waals surface area contributed by atoms with Crippen LogP contribution in [0.25, 0.3) is 11.5 Å². The van der Waals surface area contributed by atoms with Gasteiger partial charge in [-0.05, 0) is 35.4 Å². The first-order valence-corrected chi connectivity index (χ1v) is 7.10. The fourth-order valence-electron chi connectivity index (χ4n) is 2.78. The summed E-state index contributed by atoms with van der Waals surface area (Å²) in [5.74, 6) is -0.329. The Morgan fingerprint density at radius 1 is 1.38 bits per heavy atom. The third kappa shape index (κ3) is 2.61. The van der Waals surface area contributed by atoms with Crippen molar-refractivity contribution >= 4 is 17.6 Å². The van der Waals surface area contributed by atoms with Crippen LogP contribution >= 0.6 is 11.6 Å². The van der Waals surface area contributed by atoms with Gasteiger partial charge in [0.2, 0.25) is 5.82 Å².